The van der Waals surface area contributed by atoms with Crippen LogP contribution in [-0.4, -0.2) is 29.3 Å². The van der Waals surface area contributed by atoms with Gasteiger partial charge in [-0.05, 0) is 33.8 Å². The van der Waals surface area contributed by atoms with Gasteiger partial charge in [0, 0.05) is 13.1 Å². The molecule has 5 heteroatoms. The van der Waals surface area contributed by atoms with Crippen LogP contribution in [-0.2, 0) is 4.74 Å². The number of nitrogen functional groups attached to an aromatic ring is 1. The zero-order chi connectivity index (χ0) is 13.6. The van der Waals surface area contributed by atoms with Gasteiger partial charge in [0.15, 0.2) is 0 Å². The van der Waals surface area contributed by atoms with Crippen LogP contribution in [0.5, 0.6) is 0 Å². The van der Waals surface area contributed by atoms with Gasteiger partial charge in [0.25, 0.3) is 0 Å². The van der Waals surface area contributed by atoms with E-state index in [1.54, 1.807) is 12.3 Å². The summed E-state index contributed by atoms with van der Waals surface area (Å²) in [6, 6.07) is 1.74. The Morgan fingerprint density at radius 3 is 2.33 bits per heavy atom. The highest BCUT2D eigenvalue weighted by molar-refractivity contribution is 6.33. The highest BCUT2D eigenvalue weighted by atomic mass is 35.5. The molecule has 2 heterocycles. The maximum atomic E-state index is 6.22. The second kappa shape index (κ2) is 4.28. The van der Waals surface area contributed by atoms with E-state index in [1.807, 2.05) is 0 Å². The topological polar surface area (TPSA) is 51.4 Å². The summed E-state index contributed by atoms with van der Waals surface area (Å²) >= 11 is 6.22. The van der Waals surface area contributed by atoms with Crippen LogP contribution in [0.3, 0.4) is 0 Å². The molecule has 0 radical (unpaired) electrons. The van der Waals surface area contributed by atoms with Crippen LogP contribution >= 0.6 is 11.6 Å². The molecule has 2 rings (SSSR count). The summed E-state index contributed by atoms with van der Waals surface area (Å²) in [6.07, 6.45) is 1.64. The predicted molar refractivity (Wildman–Crippen MR) is 75.1 cm³/mol. The van der Waals surface area contributed by atoms with Gasteiger partial charge < -0.3 is 15.4 Å². The Morgan fingerprint density at radius 2 is 1.83 bits per heavy atom. The normalized spacial score (nSPS) is 21.9. The molecule has 0 amide bonds. The Bertz CT molecular complexity index is 444. The minimum Gasteiger partial charge on any atom is -0.397 e. The molecule has 1 saturated heterocycles. The number of hydrogen-bond donors (Lipinski definition) is 1. The number of ether oxygens (including phenoxy) is 1. The number of nitrogens with two attached hydrogens (primary N) is 1. The molecule has 0 aromatic carbocycles. The lowest BCUT2D eigenvalue weighted by Crippen LogP contribution is -2.57. The third-order valence-corrected chi connectivity index (χ3v) is 3.12. The zero-order valence-electron chi connectivity index (χ0n) is 11.3. The molecule has 0 bridgehead atoms. The number of morpholine rings is 1. The van der Waals surface area contributed by atoms with Crippen molar-refractivity contribution in [3.05, 3.63) is 17.3 Å². The van der Waals surface area contributed by atoms with Crippen LogP contribution < -0.4 is 10.6 Å². The largest absolute Gasteiger partial charge is 0.397 e. The molecule has 1 fully saturated rings. The van der Waals surface area contributed by atoms with Gasteiger partial charge in [-0.15, -0.1) is 0 Å². The molecule has 1 aliphatic heterocycles. The molecule has 4 nitrogen and oxygen atoms in total. The fourth-order valence-corrected chi connectivity index (χ4v) is 2.91. The average molecular weight is 270 g/mol. The molecular formula is C13H20ClN3O. The van der Waals surface area contributed by atoms with Crippen LogP contribution in [0.25, 0.3) is 0 Å². The number of hydrogen-bond acceptors (Lipinski definition) is 4. The Kier molecular flexibility index (Phi) is 3.19. The number of anilines is 2. The van der Waals surface area contributed by atoms with Crippen molar-refractivity contribution in [1.29, 1.82) is 0 Å². The highest BCUT2D eigenvalue weighted by Gasteiger charge is 2.39. The smallest absolute Gasteiger partial charge is 0.147 e. The summed E-state index contributed by atoms with van der Waals surface area (Å²) in [5, 5.41) is 0.587. The number of halogens is 1. The van der Waals surface area contributed by atoms with E-state index in [0.717, 1.165) is 18.9 Å². The number of rotatable bonds is 1. The van der Waals surface area contributed by atoms with Crippen molar-refractivity contribution in [3.8, 4) is 0 Å². The molecule has 1 aromatic rings. The van der Waals surface area contributed by atoms with Crippen molar-refractivity contribution in [2.24, 2.45) is 0 Å². The summed E-state index contributed by atoms with van der Waals surface area (Å²) in [6.45, 7) is 9.82. The molecule has 0 saturated carbocycles. The van der Waals surface area contributed by atoms with Crippen molar-refractivity contribution in [1.82, 2.24) is 4.98 Å². The van der Waals surface area contributed by atoms with E-state index in [4.69, 9.17) is 22.1 Å². The first-order chi connectivity index (χ1) is 8.19. The summed E-state index contributed by atoms with van der Waals surface area (Å²) in [7, 11) is 0. The molecule has 0 aliphatic carbocycles. The standard InChI is InChI=1S/C13H20ClN3O/c1-12(2)7-17(8-13(3,4)18-12)11-10(14)5-9(15)6-16-11/h5-6H,7-8,15H2,1-4H3. The first kappa shape index (κ1) is 13.4. The molecule has 18 heavy (non-hydrogen) atoms. The van der Waals surface area contributed by atoms with E-state index < -0.39 is 0 Å². The minimum absolute atomic E-state index is 0.228. The van der Waals surface area contributed by atoms with Gasteiger partial charge >= 0.3 is 0 Å². The Labute approximate surface area is 113 Å². The second-order valence-corrected chi connectivity index (χ2v) is 6.46. The molecule has 2 N–H and O–H groups in total. The molecule has 0 unspecified atom stereocenters. The molecule has 1 aliphatic rings. The fourth-order valence-electron chi connectivity index (χ4n) is 2.62. The van der Waals surface area contributed by atoms with E-state index in [2.05, 4.69) is 37.6 Å². The first-order valence-electron chi connectivity index (χ1n) is 6.05. The number of aromatic nitrogens is 1. The molecule has 0 spiro atoms. The van der Waals surface area contributed by atoms with Gasteiger partial charge in [-0.25, -0.2) is 4.98 Å². The highest BCUT2D eigenvalue weighted by Crippen LogP contribution is 2.33. The average Bonchev–Trinajstić information content (AvgIpc) is 2.11. The molecule has 100 valence electrons. The van der Waals surface area contributed by atoms with Crippen LogP contribution in [0.4, 0.5) is 11.5 Å². The van der Waals surface area contributed by atoms with Gasteiger partial charge in [-0.3, -0.25) is 0 Å². The van der Waals surface area contributed by atoms with Gasteiger partial charge in [0.05, 0.1) is 28.1 Å². The molecule has 1 aromatic heterocycles. The minimum atomic E-state index is -0.228. The predicted octanol–water partition coefficient (Wildman–Crippen LogP) is 2.71. The SMILES string of the molecule is CC1(C)CN(c2ncc(N)cc2Cl)CC(C)(C)O1. The van der Waals surface area contributed by atoms with Gasteiger partial charge in [-0.1, -0.05) is 11.6 Å². The van der Waals surface area contributed by atoms with E-state index in [-0.39, 0.29) is 11.2 Å². The Hall–Kier alpha value is -1.00. The van der Waals surface area contributed by atoms with Gasteiger partial charge in [-0.2, -0.15) is 0 Å². The monoisotopic (exact) mass is 269 g/mol. The fraction of sp³-hybridized carbons (Fsp3) is 0.615. The summed E-state index contributed by atoms with van der Waals surface area (Å²) < 4.78 is 6.04. The molecule has 0 atom stereocenters. The second-order valence-electron chi connectivity index (χ2n) is 6.05. The van der Waals surface area contributed by atoms with E-state index in [1.165, 1.54) is 0 Å². The van der Waals surface area contributed by atoms with Crippen molar-refractivity contribution >= 4 is 23.1 Å². The molecular weight excluding hydrogens is 250 g/mol. The summed E-state index contributed by atoms with van der Waals surface area (Å²) in [4.78, 5) is 6.50. The van der Waals surface area contributed by atoms with Crippen LogP contribution in [0.2, 0.25) is 5.02 Å². The van der Waals surface area contributed by atoms with Crippen LogP contribution in [0.15, 0.2) is 12.3 Å². The maximum Gasteiger partial charge on any atom is 0.147 e. The van der Waals surface area contributed by atoms with Gasteiger partial charge in [0.1, 0.15) is 5.82 Å². The third kappa shape index (κ3) is 2.87. The lowest BCUT2D eigenvalue weighted by atomic mass is 9.99. The van der Waals surface area contributed by atoms with Gasteiger partial charge in [0.2, 0.25) is 0 Å². The van der Waals surface area contributed by atoms with Crippen molar-refractivity contribution in [2.75, 3.05) is 23.7 Å². The third-order valence-electron chi connectivity index (χ3n) is 2.84. The number of pyridine rings is 1. The number of nitrogens with zero attached hydrogens (tertiary/aromatic N) is 2. The van der Waals surface area contributed by atoms with E-state index in [9.17, 15) is 0 Å². The van der Waals surface area contributed by atoms with Crippen molar-refractivity contribution < 1.29 is 4.74 Å². The van der Waals surface area contributed by atoms with Crippen LogP contribution in [0, 0.1) is 0 Å². The van der Waals surface area contributed by atoms with Crippen molar-refractivity contribution in [3.63, 3.8) is 0 Å². The zero-order valence-corrected chi connectivity index (χ0v) is 12.1. The van der Waals surface area contributed by atoms with Crippen LogP contribution in [0.1, 0.15) is 27.7 Å². The summed E-state index contributed by atoms with van der Waals surface area (Å²) in [5.41, 5.74) is 5.80. The van der Waals surface area contributed by atoms with E-state index >= 15 is 0 Å². The quantitative estimate of drug-likeness (QED) is 0.852. The van der Waals surface area contributed by atoms with E-state index in [0.29, 0.717) is 10.7 Å². The lowest BCUT2D eigenvalue weighted by Gasteiger charge is -2.47. The lowest BCUT2D eigenvalue weighted by molar-refractivity contribution is -0.133. The Balaban J connectivity index is 2.32. The summed E-state index contributed by atoms with van der Waals surface area (Å²) in [5.74, 6) is 0.773. The van der Waals surface area contributed by atoms with Crippen molar-refractivity contribution in [2.45, 2.75) is 38.9 Å². The Morgan fingerprint density at radius 1 is 1.28 bits per heavy atom. The maximum absolute atomic E-state index is 6.22. The first-order valence-corrected chi connectivity index (χ1v) is 6.42.